The van der Waals surface area contributed by atoms with Crippen molar-refractivity contribution in [1.82, 2.24) is 9.78 Å². The van der Waals surface area contributed by atoms with E-state index in [-0.39, 0.29) is 5.69 Å². The minimum absolute atomic E-state index is 0.112. The molecule has 5 heteroatoms. The summed E-state index contributed by atoms with van der Waals surface area (Å²) < 4.78 is 2.58. The summed E-state index contributed by atoms with van der Waals surface area (Å²) in [4.78, 5) is 10.9. The number of aryl methyl sites for hydroxylation is 1. The van der Waals surface area contributed by atoms with Gasteiger partial charge in [0.05, 0.1) is 5.52 Å². The quantitative estimate of drug-likeness (QED) is 0.818. The molecule has 0 unspecified atom stereocenters. The van der Waals surface area contributed by atoms with E-state index in [4.69, 9.17) is 5.11 Å². The normalized spacial score (nSPS) is 10.7. The predicted molar refractivity (Wildman–Crippen MR) is 60.4 cm³/mol. The van der Waals surface area contributed by atoms with Gasteiger partial charge in [0.15, 0.2) is 5.69 Å². The number of carboxylic acids is 1. The van der Waals surface area contributed by atoms with Gasteiger partial charge in [-0.1, -0.05) is 0 Å². The SMILES string of the molecule is Cn1nc(C(=O)O)c2cc(I)ccc21. The molecule has 0 saturated heterocycles. The molecule has 0 aliphatic heterocycles. The van der Waals surface area contributed by atoms with Crippen molar-refractivity contribution >= 4 is 39.5 Å². The van der Waals surface area contributed by atoms with Gasteiger partial charge in [-0.2, -0.15) is 5.10 Å². The van der Waals surface area contributed by atoms with Crippen LogP contribution in [0.5, 0.6) is 0 Å². The molecule has 0 fully saturated rings. The standard InChI is InChI=1S/C9H7IN2O2/c1-12-7-3-2-5(10)4-6(7)8(11-12)9(13)14/h2-4H,1H3,(H,13,14). The first-order valence-corrected chi connectivity index (χ1v) is 5.03. The van der Waals surface area contributed by atoms with Crippen molar-refractivity contribution in [2.45, 2.75) is 0 Å². The van der Waals surface area contributed by atoms with E-state index in [1.807, 2.05) is 18.2 Å². The highest BCUT2D eigenvalue weighted by Crippen LogP contribution is 2.20. The number of aromatic carboxylic acids is 1. The van der Waals surface area contributed by atoms with Crippen LogP contribution < -0.4 is 0 Å². The zero-order chi connectivity index (χ0) is 10.3. The van der Waals surface area contributed by atoms with Crippen molar-refractivity contribution in [3.05, 3.63) is 27.5 Å². The molecule has 72 valence electrons. The van der Waals surface area contributed by atoms with Crippen LogP contribution in [-0.2, 0) is 7.05 Å². The average molecular weight is 302 g/mol. The van der Waals surface area contributed by atoms with Gasteiger partial charge < -0.3 is 5.11 Å². The molecule has 14 heavy (non-hydrogen) atoms. The molecule has 4 nitrogen and oxygen atoms in total. The second-order valence-corrected chi connectivity index (χ2v) is 4.18. The van der Waals surface area contributed by atoms with Gasteiger partial charge in [0, 0.05) is 16.0 Å². The number of carbonyl (C=O) groups is 1. The van der Waals surface area contributed by atoms with E-state index in [0.29, 0.717) is 5.39 Å². The van der Waals surface area contributed by atoms with Gasteiger partial charge in [0.25, 0.3) is 0 Å². The first-order valence-electron chi connectivity index (χ1n) is 3.95. The molecule has 2 aromatic rings. The first-order chi connectivity index (χ1) is 6.59. The summed E-state index contributed by atoms with van der Waals surface area (Å²) in [6, 6.07) is 5.62. The Labute approximate surface area is 93.7 Å². The van der Waals surface area contributed by atoms with E-state index in [2.05, 4.69) is 27.7 Å². The van der Waals surface area contributed by atoms with E-state index < -0.39 is 5.97 Å². The lowest BCUT2D eigenvalue weighted by Gasteiger charge is -1.93. The molecule has 0 aliphatic carbocycles. The number of aromatic nitrogens is 2. The van der Waals surface area contributed by atoms with Crippen LogP contribution in [0.3, 0.4) is 0 Å². The third kappa shape index (κ3) is 1.37. The predicted octanol–water partition coefficient (Wildman–Crippen LogP) is 1.88. The van der Waals surface area contributed by atoms with Crippen molar-refractivity contribution in [2.24, 2.45) is 7.05 Å². The number of halogens is 1. The Kier molecular flexibility index (Phi) is 2.18. The van der Waals surface area contributed by atoms with Crippen LogP contribution in [0.15, 0.2) is 18.2 Å². The summed E-state index contributed by atoms with van der Waals surface area (Å²) in [5.41, 5.74) is 0.948. The number of hydrogen-bond acceptors (Lipinski definition) is 2. The average Bonchev–Trinajstić information content (AvgIpc) is 2.43. The van der Waals surface area contributed by atoms with Crippen LogP contribution in [0.2, 0.25) is 0 Å². The zero-order valence-corrected chi connectivity index (χ0v) is 9.52. The molecule has 0 radical (unpaired) electrons. The van der Waals surface area contributed by atoms with E-state index >= 15 is 0 Å². The monoisotopic (exact) mass is 302 g/mol. The largest absolute Gasteiger partial charge is 0.476 e. The summed E-state index contributed by atoms with van der Waals surface area (Å²) in [5, 5.41) is 13.5. The molecule has 1 N–H and O–H groups in total. The Hall–Kier alpha value is -1.11. The highest BCUT2D eigenvalue weighted by atomic mass is 127. The molecule has 1 heterocycles. The van der Waals surface area contributed by atoms with Crippen molar-refractivity contribution in [2.75, 3.05) is 0 Å². The lowest BCUT2D eigenvalue weighted by molar-refractivity contribution is 0.0691. The van der Waals surface area contributed by atoms with E-state index in [0.717, 1.165) is 9.09 Å². The zero-order valence-electron chi connectivity index (χ0n) is 7.36. The molecule has 0 aliphatic rings. The Bertz CT molecular complexity index is 519. The Morgan fingerprint density at radius 2 is 2.29 bits per heavy atom. The molecule has 0 amide bonds. The summed E-state index contributed by atoms with van der Waals surface area (Å²) in [5.74, 6) is -0.988. The summed E-state index contributed by atoms with van der Waals surface area (Å²) in [6.45, 7) is 0. The fourth-order valence-corrected chi connectivity index (χ4v) is 1.89. The second-order valence-electron chi connectivity index (χ2n) is 2.94. The lowest BCUT2D eigenvalue weighted by atomic mass is 10.2. The Morgan fingerprint density at radius 3 is 2.93 bits per heavy atom. The van der Waals surface area contributed by atoms with E-state index in [9.17, 15) is 4.79 Å². The topological polar surface area (TPSA) is 55.1 Å². The van der Waals surface area contributed by atoms with E-state index in [1.54, 1.807) is 11.7 Å². The van der Waals surface area contributed by atoms with Gasteiger partial charge in [-0.25, -0.2) is 4.79 Å². The lowest BCUT2D eigenvalue weighted by Crippen LogP contribution is -1.99. The van der Waals surface area contributed by atoms with Crippen LogP contribution in [0, 0.1) is 3.57 Å². The van der Waals surface area contributed by atoms with E-state index in [1.165, 1.54) is 0 Å². The molecule has 2 rings (SSSR count). The minimum atomic E-state index is -0.988. The third-order valence-corrected chi connectivity index (χ3v) is 2.69. The van der Waals surface area contributed by atoms with Crippen LogP contribution >= 0.6 is 22.6 Å². The molecule has 0 spiro atoms. The molecule has 0 bridgehead atoms. The number of rotatable bonds is 1. The number of fused-ring (bicyclic) bond motifs is 1. The highest BCUT2D eigenvalue weighted by Gasteiger charge is 2.14. The van der Waals surface area contributed by atoms with Crippen LogP contribution in [0.4, 0.5) is 0 Å². The maximum atomic E-state index is 10.9. The van der Waals surface area contributed by atoms with Gasteiger partial charge in [-0.15, -0.1) is 0 Å². The number of hydrogen-bond donors (Lipinski definition) is 1. The van der Waals surface area contributed by atoms with Crippen LogP contribution in [0.1, 0.15) is 10.5 Å². The fourth-order valence-electron chi connectivity index (χ4n) is 1.40. The molecule has 0 atom stereocenters. The Balaban J connectivity index is 2.85. The van der Waals surface area contributed by atoms with Crippen LogP contribution in [0.25, 0.3) is 10.9 Å². The first kappa shape index (κ1) is 9.45. The molecular weight excluding hydrogens is 295 g/mol. The summed E-state index contributed by atoms with van der Waals surface area (Å²) >= 11 is 2.15. The van der Waals surface area contributed by atoms with Gasteiger partial charge in [-0.05, 0) is 40.8 Å². The van der Waals surface area contributed by atoms with Crippen LogP contribution in [-0.4, -0.2) is 20.9 Å². The maximum Gasteiger partial charge on any atom is 0.357 e. The number of nitrogens with zero attached hydrogens (tertiary/aromatic N) is 2. The third-order valence-electron chi connectivity index (χ3n) is 2.01. The van der Waals surface area contributed by atoms with Gasteiger partial charge in [0.2, 0.25) is 0 Å². The van der Waals surface area contributed by atoms with Gasteiger partial charge in [0.1, 0.15) is 0 Å². The fraction of sp³-hybridized carbons (Fsp3) is 0.111. The second kappa shape index (κ2) is 3.23. The van der Waals surface area contributed by atoms with Gasteiger partial charge >= 0.3 is 5.97 Å². The number of carboxylic acid groups (broad SMARTS) is 1. The van der Waals surface area contributed by atoms with Crippen molar-refractivity contribution in [3.8, 4) is 0 Å². The molecule has 0 saturated carbocycles. The summed E-state index contributed by atoms with van der Waals surface area (Å²) in [6.07, 6.45) is 0. The van der Waals surface area contributed by atoms with Gasteiger partial charge in [-0.3, -0.25) is 4.68 Å². The maximum absolute atomic E-state index is 10.9. The smallest absolute Gasteiger partial charge is 0.357 e. The number of benzene rings is 1. The molecule has 1 aromatic carbocycles. The van der Waals surface area contributed by atoms with Crippen molar-refractivity contribution < 1.29 is 9.90 Å². The molecule has 1 aromatic heterocycles. The highest BCUT2D eigenvalue weighted by molar-refractivity contribution is 14.1. The minimum Gasteiger partial charge on any atom is -0.476 e. The van der Waals surface area contributed by atoms with Crippen molar-refractivity contribution in [3.63, 3.8) is 0 Å². The van der Waals surface area contributed by atoms with Crippen molar-refractivity contribution in [1.29, 1.82) is 0 Å². The Morgan fingerprint density at radius 1 is 1.57 bits per heavy atom. The summed E-state index contributed by atoms with van der Waals surface area (Å²) in [7, 11) is 1.74. The molecular formula is C9H7IN2O2.